The van der Waals surface area contributed by atoms with E-state index in [0.717, 1.165) is 25.8 Å². The zero-order chi connectivity index (χ0) is 10.6. The van der Waals surface area contributed by atoms with E-state index < -0.39 is 0 Å². The van der Waals surface area contributed by atoms with E-state index in [1.54, 1.807) is 0 Å². The van der Waals surface area contributed by atoms with E-state index >= 15 is 0 Å². The largest absolute Gasteiger partial charge is 0.465 e. The molecule has 0 radical (unpaired) electrons. The zero-order valence-electron chi connectivity index (χ0n) is 9.43. The topological polar surface area (TPSA) is 38.3 Å². The van der Waals surface area contributed by atoms with Crippen LogP contribution in [0.15, 0.2) is 0 Å². The summed E-state index contributed by atoms with van der Waals surface area (Å²) in [7, 11) is 0. The van der Waals surface area contributed by atoms with Crippen molar-refractivity contribution in [3.63, 3.8) is 0 Å². The Bertz CT molecular complexity index is 190. The van der Waals surface area contributed by atoms with Crippen LogP contribution in [0.4, 0.5) is 0 Å². The van der Waals surface area contributed by atoms with Gasteiger partial charge in [-0.05, 0) is 31.2 Å². The first kappa shape index (κ1) is 11.5. The van der Waals surface area contributed by atoms with Gasteiger partial charge in [-0.3, -0.25) is 4.79 Å². The summed E-state index contributed by atoms with van der Waals surface area (Å²) in [5, 5.41) is 3.13. The van der Waals surface area contributed by atoms with Crippen LogP contribution in [0, 0.1) is 5.41 Å². The smallest absolute Gasteiger partial charge is 0.323 e. The summed E-state index contributed by atoms with van der Waals surface area (Å²) < 4.78 is 5.20. The fourth-order valence-electron chi connectivity index (χ4n) is 1.44. The highest BCUT2D eigenvalue weighted by atomic mass is 16.5. The molecule has 1 fully saturated rings. The molecule has 0 bridgehead atoms. The first-order valence-electron chi connectivity index (χ1n) is 5.39. The van der Waals surface area contributed by atoms with Gasteiger partial charge >= 0.3 is 5.97 Å². The average molecular weight is 199 g/mol. The normalized spacial score (nSPS) is 22.4. The molecule has 1 heterocycles. The van der Waals surface area contributed by atoms with Gasteiger partial charge in [-0.1, -0.05) is 20.8 Å². The maximum absolute atomic E-state index is 11.4. The molecule has 3 heteroatoms. The van der Waals surface area contributed by atoms with Gasteiger partial charge in [0.1, 0.15) is 6.04 Å². The Morgan fingerprint density at radius 2 is 2.21 bits per heavy atom. The molecule has 1 saturated heterocycles. The molecule has 14 heavy (non-hydrogen) atoms. The summed E-state index contributed by atoms with van der Waals surface area (Å²) in [5.74, 6) is -0.0771. The summed E-state index contributed by atoms with van der Waals surface area (Å²) in [6.45, 7) is 7.93. The molecule has 1 aliphatic heterocycles. The van der Waals surface area contributed by atoms with Gasteiger partial charge in [0, 0.05) is 0 Å². The third-order valence-electron chi connectivity index (χ3n) is 2.44. The molecule has 0 aromatic rings. The van der Waals surface area contributed by atoms with E-state index in [1.807, 2.05) is 0 Å². The second-order valence-corrected chi connectivity index (χ2v) is 5.13. The number of ether oxygens (including phenoxy) is 1. The lowest BCUT2D eigenvalue weighted by molar-refractivity contribution is -0.146. The molecule has 0 aliphatic carbocycles. The van der Waals surface area contributed by atoms with Crippen LogP contribution in [0.2, 0.25) is 0 Å². The molecule has 1 aliphatic rings. The van der Waals surface area contributed by atoms with Crippen LogP contribution in [0.25, 0.3) is 0 Å². The van der Waals surface area contributed by atoms with Crippen LogP contribution in [0.3, 0.4) is 0 Å². The Morgan fingerprint density at radius 3 is 2.71 bits per heavy atom. The van der Waals surface area contributed by atoms with Crippen molar-refractivity contribution in [1.82, 2.24) is 5.32 Å². The summed E-state index contributed by atoms with van der Waals surface area (Å²) in [5.41, 5.74) is 0.239. The molecule has 1 unspecified atom stereocenters. The minimum Gasteiger partial charge on any atom is -0.465 e. The third-order valence-corrected chi connectivity index (χ3v) is 2.44. The van der Waals surface area contributed by atoms with Crippen molar-refractivity contribution in [3.8, 4) is 0 Å². The molecular weight excluding hydrogens is 178 g/mol. The van der Waals surface area contributed by atoms with Crippen LogP contribution < -0.4 is 5.32 Å². The van der Waals surface area contributed by atoms with Crippen LogP contribution >= 0.6 is 0 Å². The van der Waals surface area contributed by atoms with Gasteiger partial charge in [-0.15, -0.1) is 0 Å². The van der Waals surface area contributed by atoms with E-state index in [-0.39, 0.29) is 17.4 Å². The predicted octanol–water partition coefficient (Wildman–Crippen LogP) is 1.72. The van der Waals surface area contributed by atoms with E-state index in [9.17, 15) is 4.79 Å². The summed E-state index contributed by atoms with van der Waals surface area (Å²) in [4.78, 5) is 11.4. The minimum atomic E-state index is -0.0771. The van der Waals surface area contributed by atoms with Gasteiger partial charge in [0.2, 0.25) is 0 Å². The molecule has 0 aromatic carbocycles. The highest BCUT2D eigenvalue weighted by Gasteiger charge is 2.23. The molecule has 0 saturated carbocycles. The number of rotatable bonds is 3. The maximum Gasteiger partial charge on any atom is 0.323 e. The molecule has 1 rings (SSSR count). The highest BCUT2D eigenvalue weighted by molar-refractivity contribution is 5.76. The van der Waals surface area contributed by atoms with E-state index in [0.29, 0.717) is 6.61 Å². The molecule has 0 amide bonds. The van der Waals surface area contributed by atoms with Gasteiger partial charge in [-0.2, -0.15) is 0 Å². The number of hydrogen-bond donors (Lipinski definition) is 1. The summed E-state index contributed by atoms with van der Waals surface area (Å²) in [6, 6.07) is -0.0463. The van der Waals surface area contributed by atoms with Gasteiger partial charge in [0.15, 0.2) is 0 Å². The number of nitrogens with one attached hydrogen (secondary N) is 1. The standard InChI is InChI=1S/C11H21NO2/c1-11(2,3)6-8-14-10(13)9-5-4-7-12-9/h9,12H,4-8H2,1-3H3. The monoisotopic (exact) mass is 199 g/mol. The summed E-state index contributed by atoms with van der Waals surface area (Å²) in [6.07, 6.45) is 2.93. The van der Waals surface area contributed by atoms with E-state index in [2.05, 4.69) is 26.1 Å². The molecule has 1 atom stereocenters. The van der Waals surface area contributed by atoms with Crippen LogP contribution in [0.5, 0.6) is 0 Å². The van der Waals surface area contributed by atoms with Crippen molar-refractivity contribution in [1.29, 1.82) is 0 Å². The fourth-order valence-corrected chi connectivity index (χ4v) is 1.44. The van der Waals surface area contributed by atoms with Crippen molar-refractivity contribution in [2.75, 3.05) is 13.2 Å². The number of hydrogen-bond acceptors (Lipinski definition) is 3. The first-order chi connectivity index (χ1) is 6.49. The Balaban J connectivity index is 2.15. The van der Waals surface area contributed by atoms with Gasteiger partial charge in [-0.25, -0.2) is 0 Å². The van der Waals surface area contributed by atoms with Crippen LogP contribution in [-0.2, 0) is 9.53 Å². The Kier molecular flexibility index (Phi) is 3.93. The van der Waals surface area contributed by atoms with Gasteiger partial charge in [0.05, 0.1) is 6.61 Å². The SMILES string of the molecule is CC(C)(C)CCOC(=O)C1CCCN1. The molecule has 82 valence electrons. The number of carbonyl (C=O) groups is 1. The second-order valence-electron chi connectivity index (χ2n) is 5.13. The summed E-state index contributed by atoms with van der Waals surface area (Å²) >= 11 is 0. The Labute approximate surface area is 86.2 Å². The first-order valence-corrected chi connectivity index (χ1v) is 5.39. The molecule has 1 N–H and O–H groups in total. The van der Waals surface area contributed by atoms with Crippen molar-refractivity contribution < 1.29 is 9.53 Å². The second kappa shape index (κ2) is 4.78. The number of esters is 1. The Morgan fingerprint density at radius 1 is 1.50 bits per heavy atom. The molecule has 0 aromatic heterocycles. The van der Waals surface area contributed by atoms with Crippen molar-refractivity contribution in [2.24, 2.45) is 5.41 Å². The molecule has 3 nitrogen and oxygen atoms in total. The number of carbonyl (C=O) groups excluding carboxylic acids is 1. The molecular formula is C11H21NO2. The molecule has 0 spiro atoms. The van der Waals surface area contributed by atoms with E-state index in [1.165, 1.54) is 0 Å². The van der Waals surface area contributed by atoms with Gasteiger partial charge < -0.3 is 10.1 Å². The lowest BCUT2D eigenvalue weighted by atomic mass is 9.93. The third kappa shape index (κ3) is 4.09. The minimum absolute atomic E-state index is 0.0463. The highest BCUT2D eigenvalue weighted by Crippen LogP contribution is 2.18. The zero-order valence-corrected chi connectivity index (χ0v) is 9.43. The Hall–Kier alpha value is -0.570. The van der Waals surface area contributed by atoms with Crippen LogP contribution in [-0.4, -0.2) is 25.2 Å². The van der Waals surface area contributed by atoms with Crippen LogP contribution in [0.1, 0.15) is 40.0 Å². The van der Waals surface area contributed by atoms with Gasteiger partial charge in [0.25, 0.3) is 0 Å². The van der Waals surface area contributed by atoms with E-state index in [4.69, 9.17) is 4.74 Å². The fraction of sp³-hybridized carbons (Fsp3) is 0.909. The van der Waals surface area contributed by atoms with Crippen molar-refractivity contribution >= 4 is 5.97 Å². The maximum atomic E-state index is 11.4. The average Bonchev–Trinajstić information content (AvgIpc) is 2.53. The van der Waals surface area contributed by atoms with Crippen molar-refractivity contribution in [2.45, 2.75) is 46.1 Å². The lowest BCUT2D eigenvalue weighted by Gasteiger charge is -2.18. The predicted molar refractivity (Wildman–Crippen MR) is 56.1 cm³/mol. The van der Waals surface area contributed by atoms with Crippen molar-refractivity contribution in [3.05, 3.63) is 0 Å². The quantitative estimate of drug-likeness (QED) is 0.703. The lowest BCUT2D eigenvalue weighted by Crippen LogP contribution is -2.32.